The van der Waals surface area contributed by atoms with Crippen molar-refractivity contribution in [1.29, 1.82) is 0 Å². The fourth-order valence-electron chi connectivity index (χ4n) is 7.43. The Morgan fingerprint density at radius 3 is 2.52 bits per heavy atom. The van der Waals surface area contributed by atoms with Crippen LogP contribution in [0.5, 0.6) is 11.5 Å². The van der Waals surface area contributed by atoms with Crippen LogP contribution in [0.3, 0.4) is 0 Å². The molecule has 1 saturated carbocycles. The molecule has 4 amide bonds. The molecule has 1 aliphatic carbocycles. The first-order valence-corrected chi connectivity index (χ1v) is 18.7. The number of nitrogens with one attached hydrogen (secondary N) is 3. The molecular weight excluding hydrogens is 714 g/mol. The summed E-state index contributed by atoms with van der Waals surface area (Å²) in [5, 5.41) is 20.2. The summed E-state index contributed by atoms with van der Waals surface area (Å²) in [4.78, 5) is 60.0. The van der Waals surface area contributed by atoms with E-state index in [9.17, 15) is 24.3 Å². The van der Waals surface area contributed by atoms with Crippen LogP contribution in [0, 0.1) is 11.8 Å². The minimum atomic E-state index is -1.49. The standard InChI is InChI=1S/C43H45N5O8/c1-5-28-22-43(28,41(51)52)47-39(49)35-20-31(55-37-21-33(26-11-7-6-8-12-26)46-34-19-30(54-4)15-16-32(34)37)24-48(35)42(53)45-29(17-25(2)3)23-44-40(50)38-18-27-13-9-10-14-36(27)56-38/h5-16,18-19,21,25,28-29,31,35H,1,17,20,22-24H2,2-4H3,(H,44,50)(H,45,53)(H,47,49)(H,51,52)/t28-,29+,31-,35+,43-/m1/s1. The molecule has 2 aromatic heterocycles. The molecule has 5 aromatic rings. The van der Waals surface area contributed by atoms with Crippen LogP contribution in [0.15, 0.2) is 102 Å². The molecule has 2 aliphatic rings. The molecule has 1 saturated heterocycles. The minimum absolute atomic E-state index is 0.0231. The van der Waals surface area contributed by atoms with Gasteiger partial charge in [0.15, 0.2) is 5.76 Å². The number of hydrogen-bond donors (Lipinski definition) is 4. The van der Waals surface area contributed by atoms with Crippen molar-refractivity contribution in [2.24, 2.45) is 11.8 Å². The molecule has 13 heteroatoms. The number of methoxy groups -OCH3 is 1. The first-order chi connectivity index (χ1) is 27.0. The first-order valence-electron chi connectivity index (χ1n) is 18.7. The molecule has 3 aromatic carbocycles. The van der Waals surface area contributed by atoms with Gasteiger partial charge in [0.05, 0.1) is 24.9 Å². The quantitative estimate of drug-likeness (QED) is 0.0966. The number of carboxylic acid groups (broad SMARTS) is 1. The number of pyridine rings is 1. The number of amides is 4. The van der Waals surface area contributed by atoms with Gasteiger partial charge in [0.25, 0.3) is 5.91 Å². The number of para-hydroxylation sites is 1. The lowest BCUT2D eigenvalue weighted by atomic mass is 10.0. The number of rotatable bonds is 14. The van der Waals surface area contributed by atoms with Gasteiger partial charge in [-0.2, -0.15) is 0 Å². The Morgan fingerprint density at radius 2 is 1.82 bits per heavy atom. The predicted molar refractivity (Wildman–Crippen MR) is 210 cm³/mol. The van der Waals surface area contributed by atoms with Gasteiger partial charge in [0, 0.05) is 53.4 Å². The van der Waals surface area contributed by atoms with Crippen molar-refractivity contribution in [3.8, 4) is 22.8 Å². The second-order valence-electron chi connectivity index (χ2n) is 14.8. The molecule has 7 rings (SSSR count). The zero-order chi connectivity index (χ0) is 39.6. The highest BCUT2D eigenvalue weighted by atomic mass is 16.5. The number of benzene rings is 3. The highest BCUT2D eigenvalue weighted by Crippen LogP contribution is 2.45. The number of fused-ring (bicyclic) bond motifs is 2. The van der Waals surface area contributed by atoms with Crippen LogP contribution in [0.4, 0.5) is 4.79 Å². The maximum absolute atomic E-state index is 14.2. The van der Waals surface area contributed by atoms with Crippen LogP contribution in [0.1, 0.15) is 43.7 Å². The lowest BCUT2D eigenvalue weighted by molar-refractivity contribution is -0.144. The van der Waals surface area contributed by atoms with Crippen molar-refractivity contribution in [1.82, 2.24) is 25.8 Å². The van der Waals surface area contributed by atoms with E-state index in [0.717, 1.165) is 10.9 Å². The lowest BCUT2D eigenvalue weighted by Gasteiger charge is -2.28. The van der Waals surface area contributed by atoms with Gasteiger partial charge < -0.3 is 39.8 Å². The Kier molecular flexibility index (Phi) is 10.7. The Balaban J connectivity index is 1.14. The average Bonchev–Trinajstić information content (AvgIpc) is 3.50. The maximum atomic E-state index is 14.2. The summed E-state index contributed by atoms with van der Waals surface area (Å²) in [5.41, 5.74) is 1.27. The Morgan fingerprint density at radius 1 is 1.05 bits per heavy atom. The molecule has 5 atom stereocenters. The maximum Gasteiger partial charge on any atom is 0.330 e. The van der Waals surface area contributed by atoms with Gasteiger partial charge in [0.2, 0.25) is 5.91 Å². The second-order valence-corrected chi connectivity index (χ2v) is 14.8. The van der Waals surface area contributed by atoms with Crippen molar-refractivity contribution in [3.63, 3.8) is 0 Å². The van der Waals surface area contributed by atoms with Gasteiger partial charge in [-0.05, 0) is 43.0 Å². The summed E-state index contributed by atoms with van der Waals surface area (Å²) >= 11 is 0. The van der Waals surface area contributed by atoms with Crippen LogP contribution in [-0.4, -0.2) is 82.7 Å². The van der Waals surface area contributed by atoms with Gasteiger partial charge in [-0.1, -0.05) is 68.5 Å². The first kappa shape index (κ1) is 37.9. The van der Waals surface area contributed by atoms with Gasteiger partial charge in [-0.15, -0.1) is 6.58 Å². The molecular formula is C43H45N5O8. The number of aliphatic carboxylic acids is 1. The van der Waals surface area contributed by atoms with E-state index in [-0.39, 0.29) is 37.6 Å². The third kappa shape index (κ3) is 7.88. The molecule has 3 heterocycles. The molecule has 0 radical (unpaired) electrons. The summed E-state index contributed by atoms with van der Waals surface area (Å²) in [6.45, 7) is 7.86. The fourth-order valence-corrected chi connectivity index (χ4v) is 7.43. The number of nitrogens with zero attached hydrogens (tertiary/aromatic N) is 2. The molecule has 1 aliphatic heterocycles. The van der Waals surface area contributed by atoms with E-state index in [1.165, 1.54) is 11.0 Å². The normalized spacial score (nSPS) is 20.7. The molecule has 290 valence electrons. The van der Waals surface area contributed by atoms with E-state index in [1.807, 2.05) is 86.6 Å². The number of likely N-dealkylation sites (tertiary alicyclic amines) is 1. The molecule has 0 unspecified atom stereocenters. The molecule has 56 heavy (non-hydrogen) atoms. The topological polar surface area (TPSA) is 172 Å². The van der Waals surface area contributed by atoms with Gasteiger partial charge in [0.1, 0.15) is 34.8 Å². The number of furan rings is 1. The van der Waals surface area contributed by atoms with Gasteiger partial charge >= 0.3 is 12.0 Å². The Bertz CT molecular complexity index is 2260. The van der Waals surface area contributed by atoms with Crippen LogP contribution < -0.4 is 25.4 Å². The largest absolute Gasteiger partial charge is 0.497 e. The SMILES string of the molecule is C=C[C@@H]1C[C@]1(NC(=O)[C@@H]1C[C@@H](Oc2cc(-c3ccccc3)nc3cc(OC)ccc23)CN1C(=O)N[C@H](CNC(=O)c1cc2ccccc2o1)CC(C)C)C(=O)O. The Labute approximate surface area is 324 Å². The minimum Gasteiger partial charge on any atom is -0.497 e. The summed E-state index contributed by atoms with van der Waals surface area (Å²) in [5.74, 6) is -1.21. The smallest absolute Gasteiger partial charge is 0.330 e. The number of carbonyl (C=O) groups excluding carboxylic acids is 3. The number of carboxylic acids is 1. The van der Waals surface area contributed by atoms with E-state index >= 15 is 0 Å². The molecule has 0 spiro atoms. The van der Waals surface area contributed by atoms with E-state index in [2.05, 4.69) is 22.5 Å². The second kappa shape index (κ2) is 15.8. The summed E-state index contributed by atoms with van der Waals surface area (Å²) in [6, 6.07) is 23.8. The van der Waals surface area contributed by atoms with Crippen LogP contribution >= 0.6 is 0 Å². The van der Waals surface area contributed by atoms with E-state index in [1.54, 1.807) is 19.2 Å². The number of ether oxygens (including phenoxy) is 2. The third-order valence-corrected chi connectivity index (χ3v) is 10.4. The zero-order valence-electron chi connectivity index (χ0n) is 31.5. The van der Waals surface area contributed by atoms with Crippen LogP contribution in [-0.2, 0) is 9.59 Å². The van der Waals surface area contributed by atoms with E-state index in [0.29, 0.717) is 40.1 Å². The highest BCUT2D eigenvalue weighted by Gasteiger charge is 2.61. The highest BCUT2D eigenvalue weighted by molar-refractivity contribution is 5.97. The summed E-state index contributed by atoms with van der Waals surface area (Å²) in [6.07, 6.45) is 1.68. The van der Waals surface area contributed by atoms with Crippen molar-refractivity contribution in [3.05, 3.63) is 103 Å². The molecule has 2 fully saturated rings. The van der Waals surface area contributed by atoms with Crippen molar-refractivity contribution >= 4 is 45.7 Å². The lowest BCUT2D eigenvalue weighted by Crippen LogP contribution is -2.56. The van der Waals surface area contributed by atoms with Gasteiger partial charge in [-0.3, -0.25) is 9.59 Å². The third-order valence-electron chi connectivity index (χ3n) is 10.4. The van der Waals surface area contributed by atoms with Crippen LogP contribution in [0.2, 0.25) is 0 Å². The van der Waals surface area contributed by atoms with Crippen molar-refractivity contribution < 1.29 is 38.2 Å². The average molecular weight is 760 g/mol. The predicted octanol–water partition coefficient (Wildman–Crippen LogP) is 6.18. The van der Waals surface area contributed by atoms with Crippen LogP contribution in [0.25, 0.3) is 33.1 Å². The van der Waals surface area contributed by atoms with E-state index < -0.39 is 53.5 Å². The summed E-state index contributed by atoms with van der Waals surface area (Å²) < 4.78 is 17.9. The number of carbonyl (C=O) groups is 4. The zero-order valence-corrected chi connectivity index (χ0v) is 31.5. The molecule has 4 N–H and O–H groups in total. The fraction of sp³-hybridized carbons (Fsp3) is 0.326. The van der Waals surface area contributed by atoms with E-state index in [4.69, 9.17) is 18.9 Å². The molecule has 13 nitrogen and oxygen atoms in total. The molecule has 0 bridgehead atoms. The number of hydrogen-bond acceptors (Lipinski definition) is 8. The van der Waals surface area contributed by atoms with Crippen molar-refractivity contribution in [2.45, 2.75) is 56.8 Å². The Hall–Kier alpha value is -6.37. The van der Waals surface area contributed by atoms with Gasteiger partial charge in [-0.25, -0.2) is 14.6 Å². The monoisotopic (exact) mass is 759 g/mol. The summed E-state index contributed by atoms with van der Waals surface area (Å²) in [7, 11) is 1.58. The number of aromatic nitrogens is 1. The number of urea groups is 1. The van der Waals surface area contributed by atoms with Crippen molar-refractivity contribution in [2.75, 3.05) is 20.2 Å².